The summed E-state index contributed by atoms with van der Waals surface area (Å²) in [6.07, 6.45) is 1.45. The van der Waals surface area contributed by atoms with Crippen LogP contribution in [0.5, 0.6) is 0 Å². The Hall–Kier alpha value is -2.82. The Balaban J connectivity index is 1.81. The number of hydrogen-bond acceptors (Lipinski definition) is 3. The van der Waals surface area contributed by atoms with E-state index in [2.05, 4.69) is 90.4 Å². The highest BCUT2D eigenvalue weighted by atomic mass is 32.2. The van der Waals surface area contributed by atoms with Crippen LogP contribution in [0.3, 0.4) is 0 Å². The van der Waals surface area contributed by atoms with Crippen molar-refractivity contribution >= 4 is 11.8 Å². The molecule has 1 atom stereocenters. The van der Waals surface area contributed by atoms with Gasteiger partial charge in [0.15, 0.2) is 0 Å². The molecule has 1 N–H and O–H groups in total. The first-order valence-electron chi connectivity index (χ1n) is 10.4. The highest BCUT2D eigenvalue weighted by molar-refractivity contribution is 7.99. The largest absolute Gasteiger partial charge is 0.396 e. The van der Waals surface area contributed by atoms with Gasteiger partial charge in [-0.05, 0) is 31.0 Å². The van der Waals surface area contributed by atoms with Crippen LogP contribution in [0.1, 0.15) is 30.8 Å². The Bertz CT molecular complexity index is 1180. The van der Waals surface area contributed by atoms with Gasteiger partial charge in [-0.1, -0.05) is 78.5 Å². The average Bonchev–Trinajstić information content (AvgIpc) is 3.11. The number of aryl methyl sites for hydroxylation is 1. The lowest BCUT2D eigenvalue weighted by Gasteiger charge is -2.21. The molecule has 5 rings (SSSR count). The maximum Gasteiger partial charge on any atom is 0.110 e. The maximum absolute atomic E-state index is 9.50. The zero-order valence-corrected chi connectivity index (χ0v) is 17.8. The molecule has 0 spiro atoms. The fourth-order valence-corrected chi connectivity index (χ4v) is 5.34. The molecule has 1 unspecified atom stereocenters. The molecular weight excluding hydrogens is 388 g/mol. The van der Waals surface area contributed by atoms with Gasteiger partial charge in [0.05, 0.1) is 17.4 Å². The Labute approximate surface area is 181 Å². The predicted octanol–water partition coefficient (Wildman–Crippen LogP) is 6.22. The van der Waals surface area contributed by atoms with Gasteiger partial charge >= 0.3 is 0 Å². The molecule has 0 aliphatic carbocycles. The molecule has 3 aromatic carbocycles. The van der Waals surface area contributed by atoms with E-state index in [0.717, 1.165) is 17.9 Å². The van der Waals surface area contributed by atoms with Gasteiger partial charge < -0.3 is 9.67 Å². The molecule has 0 amide bonds. The van der Waals surface area contributed by atoms with Gasteiger partial charge in [-0.15, -0.1) is 0 Å². The van der Waals surface area contributed by atoms with Crippen LogP contribution in [0.2, 0.25) is 0 Å². The first kappa shape index (κ1) is 19.2. The van der Waals surface area contributed by atoms with E-state index in [4.69, 9.17) is 4.98 Å². The van der Waals surface area contributed by atoms with E-state index in [9.17, 15) is 5.11 Å². The lowest BCUT2D eigenvalue weighted by Crippen LogP contribution is -2.13. The van der Waals surface area contributed by atoms with Crippen molar-refractivity contribution in [2.24, 2.45) is 0 Å². The van der Waals surface area contributed by atoms with Gasteiger partial charge in [-0.25, -0.2) is 4.98 Å². The number of nitrogens with zero attached hydrogens (tertiary/aromatic N) is 2. The second kappa shape index (κ2) is 8.13. The Morgan fingerprint density at radius 2 is 1.50 bits per heavy atom. The van der Waals surface area contributed by atoms with E-state index in [0.29, 0.717) is 6.42 Å². The summed E-state index contributed by atoms with van der Waals surface area (Å²) in [5, 5.41) is 9.50. The molecule has 1 aromatic heterocycles. The molecular formula is C26H24N2OS. The Morgan fingerprint density at radius 1 is 0.867 bits per heavy atom. The number of aliphatic hydroxyl groups is 1. The van der Waals surface area contributed by atoms with Crippen LogP contribution in [0, 0.1) is 0 Å². The smallest absolute Gasteiger partial charge is 0.110 e. The monoisotopic (exact) mass is 412 g/mol. The van der Waals surface area contributed by atoms with Crippen molar-refractivity contribution in [2.45, 2.75) is 35.6 Å². The number of aromatic nitrogens is 2. The highest BCUT2D eigenvalue weighted by Crippen LogP contribution is 2.48. The van der Waals surface area contributed by atoms with Gasteiger partial charge in [0.2, 0.25) is 0 Å². The van der Waals surface area contributed by atoms with Crippen molar-refractivity contribution in [3.8, 4) is 22.5 Å². The molecule has 4 heteroatoms. The Kier molecular flexibility index (Phi) is 5.19. The summed E-state index contributed by atoms with van der Waals surface area (Å²) in [6.45, 7) is 2.41. The summed E-state index contributed by atoms with van der Waals surface area (Å²) < 4.78 is 2.39. The molecule has 150 valence electrons. The number of hydrogen-bond donors (Lipinski definition) is 1. The number of fused-ring (bicyclic) bond motifs is 5. The molecule has 0 saturated carbocycles. The molecule has 1 aliphatic rings. The van der Waals surface area contributed by atoms with Gasteiger partial charge in [0.1, 0.15) is 5.82 Å². The van der Waals surface area contributed by atoms with Crippen LogP contribution in [0.15, 0.2) is 88.7 Å². The number of rotatable bonds is 5. The summed E-state index contributed by atoms with van der Waals surface area (Å²) in [5.74, 6) is 1.03. The standard InChI is InChI=1S/C26H24N2OS/c1-18(19-10-3-2-4-11-19)28-24(16-9-17-29)27-25-20-12-5-7-14-22(20)30-23-15-8-6-13-21(23)26(25)28/h2-8,10-15,18,29H,9,16-17H2,1H3. The van der Waals surface area contributed by atoms with Crippen molar-refractivity contribution in [3.63, 3.8) is 0 Å². The lowest BCUT2D eigenvalue weighted by atomic mass is 10.0. The third kappa shape index (κ3) is 3.26. The van der Waals surface area contributed by atoms with Crippen molar-refractivity contribution in [1.29, 1.82) is 0 Å². The van der Waals surface area contributed by atoms with Gasteiger partial charge in [0, 0.05) is 33.9 Å². The summed E-state index contributed by atoms with van der Waals surface area (Å²) in [4.78, 5) is 7.65. The highest BCUT2D eigenvalue weighted by Gasteiger charge is 2.28. The predicted molar refractivity (Wildman–Crippen MR) is 123 cm³/mol. The van der Waals surface area contributed by atoms with E-state index in [1.165, 1.54) is 32.2 Å². The fourth-order valence-electron chi connectivity index (χ4n) is 4.26. The number of imidazole rings is 1. The van der Waals surface area contributed by atoms with E-state index < -0.39 is 0 Å². The normalized spacial score (nSPS) is 13.1. The second-order valence-electron chi connectivity index (χ2n) is 7.60. The topological polar surface area (TPSA) is 38.0 Å². The van der Waals surface area contributed by atoms with Crippen LogP contribution in [0.4, 0.5) is 0 Å². The van der Waals surface area contributed by atoms with E-state index in [-0.39, 0.29) is 12.6 Å². The quantitative estimate of drug-likeness (QED) is 0.373. The van der Waals surface area contributed by atoms with Gasteiger partial charge in [-0.3, -0.25) is 0 Å². The van der Waals surface area contributed by atoms with Crippen LogP contribution < -0.4 is 0 Å². The first-order chi connectivity index (χ1) is 14.8. The molecule has 1 aliphatic heterocycles. The van der Waals surface area contributed by atoms with Crippen LogP contribution in [-0.2, 0) is 6.42 Å². The third-order valence-electron chi connectivity index (χ3n) is 5.72. The van der Waals surface area contributed by atoms with Crippen LogP contribution >= 0.6 is 11.8 Å². The fraction of sp³-hybridized carbons (Fsp3) is 0.192. The maximum atomic E-state index is 9.50. The number of benzene rings is 3. The molecule has 0 radical (unpaired) electrons. The van der Waals surface area contributed by atoms with Crippen molar-refractivity contribution < 1.29 is 5.11 Å². The molecule has 3 nitrogen and oxygen atoms in total. The Morgan fingerprint density at radius 3 is 2.23 bits per heavy atom. The van der Waals surface area contributed by atoms with Crippen molar-refractivity contribution in [2.75, 3.05) is 6.61 Å². The summed E-state index contributed by atoms with van der Waals surface area (Å²) in [6, 6.07) is 27.9. The molecule has 0 fully saturated rings. The minimum Gasteiger partial charge on any atom is -0.396 e. The lowest BCUT2D eigenvalue weighted by molar-refractivity contribution is 0.286. The third-order valence-corrected chi connectivity index (χ3v) is 6.87. The molecule has 2 heterocycles. The summed E-state index contributed by atoms with van der Waals surface area (Å²) in [5.41, 5.74) is 5.87. The number of aliphatic hydroxyl groups excluding tert-OH is 1. The first-order valence-corrected chi connectivity index (χ1v) is 11.2. The van der Waals surface area contributed by atoms with E-state index >= 15 is 0 Å². The molecule has 4 aromatic rings. The van der Waals surface area contributed by atoms with Crippen LogP contribution in [0.25, 0.3) is 22.5 Å². The zero-order valence-electron chi connectivity index (χ0n) is 17.0. The summed E-state index contributed by atoms with van der Waals surface area (Å²) >= 11 is 1.81. The summed E-state index contributed by atoms with van der Waals surface area (Å²) in [7, 11) is 0. The minimum absolute atomic E-state index is 0.138. The van der Waals surface area contributed by atoms with Crippen molar-refractivity contribution in [1.82, 2.24) is 9.55 Å². The van der Waals surface area contributed by atoms with Crippen molar-refractivity contribution in [3.05, 3.63) is 90.3 Å². The van der Waals surface area contributed by atoms with Crippen LogP contribution in [-0.4, -0.2) is 21.3 Å². The second-order valence-corrected chi connectivity index (χ2v) is 8.69. The van der Waals surface area contributed by atoms with E-state index in [1.807, 2.05) is 11.8 Å². The van der Waals surface area contributed by atoms with Gasteiger partial charge in [0.25, 0.3) is 0 Å². The average molecular weight is 413 g/mol. The molecule has 0 bridgehead atoms. The zero-order chi connectivity index (χ0) is 20.5. The molecule has 30 heavy (non-hydrogen) atoms. The minimum atomic E-state index is 0.138. The van der Waals surface area contributed by atoms with E-state index in [1.54, 1.807) is 0 Å². The molecule has 0 saturated heterocycles. The van der Waals surface area contributed by atoms with Gasteiger partial charge in [-0.2, -0.15) is 0 Å². The SMILES string of the molecule is CC(c1ccccc1)n1c(CCCO)nc2c1-c1ccccc1Sc1ccccc1-2.